The number of hydrogen-bond acceptors (Lipinski definition) is 4. The summed E-state index contributed by atoms with van der Waals surface area (Å²) in [5.74, 6) is 2.21. The van der Waals surface area contributed by atoms with E-state index in [1.165, 1.54) is 5.56 Å². The van der Waals surface area contributed by atoms with E-state index in [0.717, 1.165) is 38.6 Å². The Kier molecular flexibility index (Phi) is 5.65. The minimum Gasteiger partial charge on any atom is -0.505 e. The molecule has 3 aromatic heterocycles. The molecule has 1 N–H and O–H groups in total. The second kappa shape index (κ2) is 8.84. The minimum atomic E-state index is -0.202. The third kappa shape index (κ3) is 4.28. The lowest BCUT2D eigenvalue weighted by Gasteiger charge is -2.23. The van der Waals surface area contributed by atoms with Gasteiger partial charge < -0.3 is 9.84 Å². The third-order valence-corrected chi connectivity index (χ3v) is 7.29. The number of nitrogens with zero attached hydrogens (tertiary/aromatic N) is 3. The summed E-state index contributed by atoms with van der Waals surface area (Å²) in [6.07, 6.45) is 1.85. The Morgan fingerprint density at radius 2 is 1.44 bits per heavy atom. The Morgan fingerprint density at radius 3 is 2.21 bits per heavy atom. The average Bonchev–Trinajstić information content (AvgIpc) is 3.21. The van der Waals surface area contributed by atoms with E-state index in [1.807, 2.05) is 48.7 Å². The van der Waals surface area contributed by atoms with Gasteiger partial charge in [0.25, 0.3) is 0 Å². The Hall–Kier alpha value is -4.38. The van der Waals surface area contributed by atoms with Gasteiger partial charge in [-0.25, -0.2) is 9.97 Å². The summed E-state index contributed by atoms with van der Waals surface area (Å²) >= 11 is 0. The zero-order valence-corrected chi connectivity index (χ0v) is 23.3. The van der Waals surface area contributed by atoms with Gasteiger partial charge >= 0.3 is 0 Å². The molecule has 0 fully saturated rings. The number of phenolic OH excluding ortho intramolecular Hbond substituents is 1. The first-order chi connectivity index (χ1) is 18.5. The molecule has 3 heterocycles. The fourth-order valence-corrected chi connectivity index (χ4v) is 5.34. The van der Waals surface area contributed by atoms with Crippen molar-refractivity contribution in [1.82, 2.24) is 14.5 Å². The molecule has 6 rings (SSSR count). The van der Waals surface area contributed by atoms with Crippen LogP contribution in [0.2, 0.25) is 0 Å². The number of fused-ring (bicyclic) bond motifs is 4. The van der Waals surface area contributed by atoms with Crippen LogP contribution in [0.15, 0.2) is 85.1 Å². The van der Waals surface area contributed by atoms with Crippen LogP contribution in [-0.4, -0.2) is 19.6 Å². The summed E-state index contributed by atoms with van der Waals surface area (Å²) in [5.41, 5.74) is 4.38. The second-order valence-corrected chi connectivity index (χ2v) is 12.2. The average molecular weight is 516 g/mol. The van der Waals surface area contributed by atoms with Crippen molar-refractivity contribution in [3.05, 3.63) is 96.2 Å². The van der Waals surface area contributed by atoms with Crippen LogP contribution in [0.25, 0.3) is 38.5 Å². The number of rotatable bonds is 3. The van der Waals surface area contributed by atoms with Crippen LogP contribution >= 0.6 is 0 Å². The van der Waals surface area contributed by atoms with Crippen LogP contribution in [0.4, 0.5) is 0 Å². The van der Waals surface area contributed by atoms with Gasteiger partial charge in [0.15, 0.2) is 0 Å². The molecular formula is C34H33N3O2. The molecule has 39 heavy (non-hydrogen) atoms. The Bertz CT molecular complexity index is 1870. The fraction of sp³-hybridized carbons (Fsp3) is 0.235. The molecule has 0 aliphatic rings. The first-order valence-electron chi connectivity index (χ1n) is 13.3. The van der Waals surface area contributed by atoms with E-state index in [0.29, 0.717) is 17.1 Å². The molecule has 0 atom stereocenters. The summed E-state index contributed by atoms with van der Waals surface area (Å²) in [6.45, 7) is 12.9. The SMILES string of the molecule is CC(C)(C)c1cccnc1-n1c2ccccc2c2ccc(Oc3ccc4ccc(C(C)(C)C)c(O)c4n3)cc21. The van der Waals surface area contributed by atoms with Gasteiger partial charge in [-0.2, -0.15) is 0 Å². The lowest BCUT2D eigenvalue weighted by Crippen LogP contribution is -2.16. The van der Waals surface area contributed by atoms with E-state index in [-0.39, 0.29) is 16.6 Å². The molecule has 0 bridgehead atoms. The molecule has 0 amide bonds. The largest absolute Gasteiger partial charge is 0.505 e. The molecule has 0 aliphatic heterocycles. The number of phenols is 1. The first kappa shape index (κ1) is 24.9. The molecule has 0 aliphatic carbocycles. The van der Waals surface area contributed by atoms with Gasteiger partial charge in [-0.05, 0) is 41.2 Å². The molecule has 0 saturated carbocycles. The molecule has 0 radical (unpaired) electrons. The lowest BCUT2D eigenvalue weighted by molar-refractivity contribution is 0.446. The third-order valence-electron chi connectivity index (χ3n) is 7.29. The zero-order valence-electron chi connectivity index (χ0n) is 23.3. The van der Waals surface area contributed by atoms with E-state index >= 15 is 0 Å². The monoisotopic (exact) mass is 515 g/mol. The molecular weight excluding hydrogens is 482 g/mol. The highest BCUT2D eigenvalue weighted by Crippen LogP contribution is 2.39. The van der Waals surface area contributed by atoms with Gasteiger partial charge in [0.1, 0.15) is 22.8 Å². The topological polar surface area (TPSA) is 60.2 Å². The maximum Gasteiger partial charge on any atom is 0.219 e. The lowest BCUT2D eigenvalue weighted by atomic mass is 9.85. The van der Waals surface area contributed by atoms with Gasteiger partial charge in [0.05, 0.1) is 11.0 Å². The van der Waals surface area contributed by atoms with Crippen molar-refractivity contribution >= 4 is 32.7 Å². The van der Waals surface area contributed by atoms with Gasteiger partial charge in [-0.1, -0.05) is 77.9 Å². The Balaban J connectivity index is 1.51. The molecule has 6 aromatic rings. The first-order valence-corrected chi connectivity index (χ1v) is 13.3. The number of aromatic hydroxyl groups is 1. The maximum atomic E-state index is 11.0. The van der Waals surface area contributed by atoms with Crippen molar-refractivity contribution < 1.29 is 9.84 Å². The van der Waals surface area contributed by atoms with Crippen LogP contribution in [0.5, 0.6) is 17.4 Å². The van der Waals surface area contributed by atoms with Gasteiger partial charge in [-0.15, -0.1) is 0 Å². The van der Waals surface area contributed by atoms with Crippen molar-refractivity contribution in [3.63, 3.8) is 0 Å². The molecule has 0 unspecified atom stereocenters. The van der Waals surface area contributed by atoms with Crippen molar-refractivity contribution in [2.24, 2.45) is 0 Å². The Labute approximate surface area is 228 Å². The number of benzene rings is 3. The fourth-order valence-electron chi connectivity index (χ4n) is 5.34. The molecule has 196 valence electrons. The number of ether oxygens (including phenoxy) is 1. The quantitative estimate of drug-likeness (QED) is 0.256. The minimum absolute atomic E-state index is 0.0850. The van der Waals surface area contributed by atoms with E-state index in [1.54, 1.807) is 0 Å². The number of pyridine rings is 2. The van der Waals surface area contributed by atoms with Crippen LogP contribution in [0.1, 0.15) is 52.7 Å². The predicted octanol–water partition coefficient (Wildman–Crippen LogP) is 8.82. The standard InChI is InChI=1S/C34H33N3O2/c1-33(2,3)25-17-13-21-14-18-29(36-30(21)31(25)38)39-22-15-16-24-23-10-7-8-12-27(23)37(28(24)20-22)32-26(34(4,5)6)11-9-19-35-32/h7-20,38H,1-6H3. The van der Waals surface area contributed by atoms with Crippen molar-refractivity contribution in [2.45, 2.75) is 52.4 Å². The van der Waals surface area contributed by atoms with E-state index in [4.69, 9.17) is 14.7 Å². The summed E-state index contributed by atoms with van der Waals surface area (Å²) in [7, 11) is 0. The molecule has 0 spiro atoms. The van der Waals surface area contributed by atoms with Gasteiger partial charge in [0.2, 0.25) is 5.88 Å². The maximum absolute atomic E-state index is 11.0. The van der Waals surface area contributed by atoms with Gasteiger partial charge in [-0.3, -0.25) is 4.57 Å². The number of para-hydroxylation sites is 1. The highest BCUT2D eigenvalue weighted by atomic mass is 16.5. The van der Waals surface area contributed by atoms with Crippen molar-refractivity contribution in [2.75, 3.05) is 0 Å². The van der Waals surface area contributed by atoms with Crippen LogP contribution in [0, 0.1) is 0 Å². The summed E-state index contributed by atoms with van der Waals surface area (Å²) < 4.78 is 8.53. The highest BCUT2D eigenvalue weighted by molar-refractivity contribution is 6.09. The second-order valence-electron chi connectivity index (χ2n) is 12.2. The van der Waals surface area contributed by atoms with Crippen LogP contribution in [0.3, 0.4) is 0 Å². The Morgan fingerprint density at radius 1 is 0.718 bits per heavy atom. The zero-order chi connectivity index (χ0) is 27.5. The van der Waals surface area contributed by atoms with Crippen LogP contribution in [-0.2, 0) is 10.8 Å². The normalized spacial score (nSPS) is 12.5. The van der Waals surface area contributed by atoms with E-state index in [2.05, 4.69) is 82.5 Å². The highest BCUT2D eigenvalue weighted by Gasteiger charge is 2.23. The summed E-state index contributed by atoms with van der Waals surface area (Å²) in [6, 6.07) is 26.4. The molecule has 5 heteroatoms. The van der Waals surface area contributed by atoms with Crippen molar-refractivity contribution in [1.29, 1.82) is 0 Å². The van der Waals surface area contributed by atoms with E-state index in [9.17, 15) is 5.11 Å². The summed E-state index contributed by atoms with van der Waals surface area (Å²) in [4.78, 5) is 9.56. The number of aromatic nitrogens is 3. The number of hydrogen-bond donors (Lipinski definition) is 1. The summed E-state index contributed by atoms with van der Waals surface area (Å²) in [5, 5.41) is 14.2. The van der Waals surface area contributed by atoms with Crippen molar-refractivity contribution in [3.8, 4) is 23.2 Å². The van der Waals surface area contributed by atoms with Gasteiger partial charge in [0, 0.05) is 45.6 Å². The predicted molar refractivity (Wildman–Crippen MR) is 159 cm³/mol. The van der Waals surface area contributed by atoms with E-state index < -0.39 is 0 Å². The smallest absolute Gasteiger partial charge is 0.219 e. The molecule has 5 nitrogen and oxygen atoms in total. The van der Waals surface area contributed by atoms with Crippen LogP contribution < -0.4 is 4.74 Å². The molecule has 0 saturated heterocycles. The molecule has 3 aromatic carbocycles.